The molecule has 2 aromatic heterocycles. The first kappa shape index (κ1) is 34.2. The van der Waals surface area contributed by atoms with Crippen LogP contribution in [0.5, 0.6) is 5.75 Å². The van der Waals surface area contributed by atoms with Crippen LogP contribution >= 0.6 is 0 Å². The molecule has 0 amide bonds. The maximum Gasteiger partial charge on any atom is 0.164 e. The fourth-order valence-electron chi connectivity index (χ4n) is 9.19. The quantitative estimate of drug-likeness (QED) is 0.169. The Labute approximate surface area is 347 Å². The summed E-state index contributed by atoms with van der Waals surface area (Å²) in [7, 11) is 0. The molecule has 1 aliphatic heterocycles. The van der Waals surface area contributed by atoms with E-state index in [0.717, 1.165) is 44.8 Å². The van der Waals surface area contributed by atoms with Crippen LogP contribution in [0, 0.1) is 0 Å². The second-order valence-electron chi connectivity index (χ2n) is 15.5. The van der Waals surface area contributed by atoms with E-state index in [9.17, 15) is 0 Å². The third-order valence-electron chi connectivity index (χ3n) is 12.0. The molecular weight excluding hydrogens is 733 g/mol. The molecule has 2 unspecified atom stereocenters. The molecule has 0 spiro atoms. The minimum Gasteiger partial charge on any atom is -0.485 e. The van der Waals surface area contributed by atoms with Gasteiger partial charge in [0.05, 0.1) is 11.0 Å². The van der Waals surface area contributed by atoms with Gasteiger partial charge in [-0.1, -0.05) is 164 Å². The topological polar surface area (TPSA) is 52.8 Å². The predicted molar refractivity (Wildman–Crippen MR) is 244 cm³/mol. The van der Waals surface area contributed by atoms with Gasteiger partial charge in [0.2, 0.25) is 0 Å². The lowest BCUT2D eigenvalue weighted by atomic mass is 9.88. The van der Waals surface area contributed by atoms with Crippen LogP contribution < -0.4 is 4.74 Å². The van der Waals surface area contributed by atoms with E-state index in [1.807, 2.05) is 42.5 Å². The molecule has 0 saturated carbocycles. The van der Waals surface area contributed by atoms with Crippen molar-refractivity contribution in [3.05, 3.63) is 212 Å². The number of hydrogen-bond acceptors (Lipinski definition) is 4. The van der Waals surface area contributed by atoms with Gasteiger partial charge in [-0.3, -0.25) is 0 Å². The van der Waals surface area contributed by atoms with Crippen molar-refractivity contribution < 1.29 is 4.74 Å². The zero-order chi connectivity index (χ0) is 39.6. The molecule has 5 nitrogen and oxygen atoms in total. The van der Waals surface area contributed by atoms with Crippen molar-refractivity contribution >= 4 is 32.6 Å². The number of allylic oxidation sites excluding steroid dienone is 2. The highest BCUT2D eigenvalue weighted by molar-refractivity contribution is 6.11. The molecule has 3 heterocycles. The molecule has 0 radical (unpaired) electrons. The minimum absolute atomic E-state index is 0.0396. The fourth-order valence-corrected chi connectivity index (χ4v) is 9.19. The SMILES string of the molecule is C1=CC2Oc3cccc(-c4nc(-c5ccccc5)nc(-c5cccc(-c6cccc(-n7c8ccccc8c8ccc(-c9cccc%10ccccc9%10)cc87)c6)c5)n4)c3C2C=C1. The van der Waals surface area contributed by atoms with Crippen LogP contribution in [0.1, 0.15) is 11.5 Å². The Kier molecular flexibility index (Phi) is 7.91. The van der Waals surface area contributed by atoms with Gasteiger partial charge in [0.1, 0.15) is 11.9 Å². The summed E-state index contributed by atoms with van der Waals surface area (Å²) in [6.45, 7) is 0. The Morgan fingerprint density at radius 3 is 1.98 bits per heavy atom. The van der Waals surface area contributed by atoms with E-state index in [4.69, 9.17) is 19.7 Å². The smallest absolute Gasteiger partial charge is 0.164 e. The second-order valence-corrected chi connectivity index (χ2v) is 15.5. The predicted octanol–water partition coefficient (Wildman–Crippen LogP) is 13.4. The van der Waals surface area contributed by atoms with E-state index >= 15 is 0 Å². The summed E-state index contributed by atoms with van der Waals surface area (Å²) in [6.07, 6.45) is 8.43. The molecule has 2 atom stereocenters. The highest BCUT2D eigenvalue weighted by Gasteiger charge is 2.35. The van der Waals surface area contributed by atoms with Crippen molar-refractivity contribution in [1.82, 2.24) is 19.5 Å². The lowest BCUT2D eigenvalue weighted by Crippen LogP contribution is -2.16. The monoisotopic (exact) mass is 768 g/mol. The summed E-state index contributed by atoms with van der Waals surface area (Å²) in [6, 6.07) is 64.5. The standard InChI is InChI=1S/C55H36N4O/c1-2-15-36(16-3-1)53-56-54(58-55(57-53)47-26-13-29-51-52(47)46-24-7-9-28-50(46)60-51)40-20-10-18-37(32-40)38-19-11-21-41(33-38)59-48-27-8-6-23-44(48)45-31-30-39(34-49(45)59)43-25-12-17-35-14-4-5-22-42(35)43/h1-34,46,50H. The Hall–Kier alpha value is -7.89. The maximum absolute atomic E-state index is 6.38. The summed E-state index contributed by atoms with van der Waals surface area (Å²) < 4.78 is 8.79. The van der Waals surface area contributed by atoms with Gasteiger partial charge in [-0.25, -0.2) is 15.0 Å². The molecule has 282 valence electrons. The summed E-state index contributed by atoms with van der Waals surface area (Å²) in [4.78, 5) is 15.4. The van der Waals surface area contributed by atoms with E-state index < -0.39 is 0 Å². The minimum atomic E-state index is -0.0396. The van der Waals surface area contributed by atoms with E-state index in [2.05, 4.69) is 168 Å². The molecule has 1 aliphatic carbocycles. The van der Waals surface area contributed by atoms with Crippen LogP contribution in [0.15, 0.2) is 206 Å². The zero-order valence-electron chi connectivity index (χ0n) is 32.5. The summed E-state index contributed by atoms with van der Waals surface area (Å²) >= 11 is 0. The van der Waals surface area contributed by atoms with Crippen LogP contribution in [0.4, 0.5) is 0 Å². The lowest BCUT2D eigenvalue weighted by molar-refractivity contribution is 0.269. The van der Waals surface area contributed by atoms with Crippen molar-refractivity contribution in [2.75, 3.05) is 0 Å². The Morgan fingerprint density at radius 1 is 0.417 bits per heavy atom. The second kappa shape index (κ2) is 13.9. The van der Waals surface area contributed by atoms with Gasteiger partial charge in [-0.2, -0.15) is 0 Å². The van der Waals surface area contributed by atoms with Crippen molar-refractivity contribution in [3.8, 4) is 67.9 Å². The summed E-state index contributed by atoms with van der Waals surface area (Å²) in [5.41, 5.74) is 11.9. The van der Waals surface area contributed by atoms with Crippen LogP contribution in [0.25, 0.3) is 94.7 Å². The molecule has 2 aliphatic rings. The van der Waals surface area contributed by atoms with Gasteiger partial charge < -0.3 is 9.30 Å². The molecule has 0 fully saturated rings. The fraction of sp³-hybridized carbons (Fsp3) is 0.0364. The molecule has 12 rings (SSSR count). The van der Waals surface area contributed by atoms with Gasteiger partial charge >= 0.3 is 0 Å². The third kappa shape index (κ3) is 5.66. The van der Waals surface area contributed by atoms with E-state index in [-0.39, 0.29) is 12.0 Å². The lowest BCUT2D eigenvalue weighted by Gasteiger charge is -2.16. The molecule has 60 heavy (non-hydrogen) atoms. The Bertz CT molecular complexity index is 3370. The van der Waals surface area contributed by atoms with Crippen LogP contribution in [0.3, 0.4) is 0 Å². The molecule has 0 bridgehead atoms. The number of rotatable bonds is 6. The zero-order valence-corrected chi connectivity index (χ0v) is 32.5. The van der Waals surface area contributed by atoms with Crippen molar-refractivity contribution in [2.24, 2.45) is 0 Å². The largest absolute Gasteiger partial charge is 0.485 e. The number of benzene rings is 8. The molecule has 10 aromatic rings. The van der Waals surface area contributed by atoms with Crippen LogP contribution in [-0.4, -0.2) is 25.6 Å². The number of fused-ring (bicyclic) bond motifs is 7. The normalized spacial score (nSPS) is 15.3. The molecule has 8 aromatic carbocycles. The number of hydrogen-bond donors (Lipinski definition) is 0. The molecule has 0 saturated heterocycles. The highest BCUT2D eigenvalue weighted by atomic mass is 16.5. The van der Waals surface area contributed by atoms with Crippen molar-refractivity contribution in [1.29, 1.82) is 0 Å². The summed E-state index contributed by atoms with van der Waals surface area (Å²) in [5, 5.41) is 4.94. The number of para-hydroxylation sites is 1. The van der Waals surface area contributed by atoms with Gasteiger partial charge in [-0.15, -0.1) is 0 Å². The highest BCUT2D eigenvalue weighted by Crippen LogP contribution is 2.46. The number of aromatic nitrogens is 4. The molecule has 5 heteroatoms. The molecular formula is C55H36N4O. The van der Waals surface area contributed by atoms with Crippen LogP contribution in [-0.2, 0) is 0 Å². The summed E-state index contributed by atoms with van der Waals surface area (Å²) in [5.74, 6) is 2.84. The van der Waals surface area contributed by atoms with E-state index in [1.165, 1.54) is 43.7 Å². The van der Waals surface area contributed by atoms with Gasteiger partial charge in [0, 0.05) is 44.6 Å². The Balaban J connectivity index is 0.980. The van der Waals surface area contributed by atoms with Gasteiger partial charge in [0.25, 0.3) is 0 Å². The maximum atomic E-state index is 6.38. The average Bonchev–Trinajstić information content (AvgIpc) is 3.87. The van der Waals surface area contributed by atoms with Crippen molar-refractivity contribution in [2.45, 2.75) is 12.0 Å². The Morgan fingerprint density at radius 2 is 1.07 bits per heavy atom. The van der Waals surface area contributed by atoms with E-state index in [0.29, 0.717) is 17.5 Å². The number of nitrogens with zero attached hydrogens (tertiary/aromatic N) is 4. The van der Waals surface area contributed by atoms with Gasteiger partial charge in [0.15, 0.2) is 17.5 Å². The molecule has 0 N–H and O–H groups in total. The van der Waals surface area contributed by atoms with E-state index in [1.54, 1.807) is 0 Å². The van der Waals surface area contributed by atoms with Crippen LogP contribution in [0.2, 0.25) is 0 Å². The first-order chi connectivity index (χ1) is 29.7. The third-order valence-corrected chi connectivity index (χ3v) is 12.0. The van der Waals surface area contributed by atoms with Gasteiger partial charge in [-0.05, 0) is 75.5 Å². The first-order valence-electron chi connectivity index (χ1n) is 20.4. The first-order valence-corrected chi connectivity index (χ1v) is 20.4. The van der Waals surface area contributed by atoms with Crippen molar-refractivity contribution in [3.63, 3.8) is 0 Å². The number of ether oxygens (including phenoxy) is 1. The average molecular weight is 769 g/mol.